The van der Waals surface area contributed by atoms with Crippen molar-refractivity contribution in [1.29, 1.82) is 0 Å². The maximum atomic E-state index is 9.00. The van der Waals surface area contributed by atoms with Crippen LogP contribution in [0.3, 0.4) is 0 Å². The molecular weight excluding hydrogens is 120 g/mol. The van der Waals surface area contributed by atoms with E-state index < -0.39 is 0 Å². The summed E-state index contributed by atoms with van der Waals surface area (Å²) in [6.45, 7) is 2.07. The van der Waals surface area contributed by atoms with Crippen LogP contribution >= 0.6 is 12.6 Å². The minimum atomic E-state index is -0.113. The van der Waals surface area contributed by atoms with Gasteiger partial charge in [-0.15, -0.1) is 0 Å². The molecule has 0 aliphatic carbocycles. The van der Waals surface area contributed by atoms with Gasteiger partial charge in [-0.1, -0.05) is 13.3 Å². The second-order valence-corrected chi connectivity index (χ2v) is 2.40. The lowest BCUT2D eigenvalue weighted by Crippen LogP contribution is -2.05. The van der Waals surface area contributed by atoms with Gasteiger partial charge in [0.2, 0.25) is 0 Å². The molecule has 0 heterocycles. The van der Waals surface area contributed by atoms with Crippen LogP contribution in [0, 0.1) is 0 Å². The number of hydrogen-bond donors (Lipinski definition) is 2. The van der Waals surface area contributed by atoms with Gasteiger partial charge in [-0.2, -0.15) is 12.6 Å². The minimum absolute atomic E-state index is 0.113. The molecule has 0 saturated carbocycles. The monoisotopic (exact) mass is 134 g/mol. The highest BCUT2D eigenvalue weighted by Crippen LogP contribution is 2.00. The molecule has 1 unspecified atom stereocenters. The van der Waals surface area contributed by atoms with Crippen molar-refractivity contribution in [2.75, 3.05) is 5.75 Å². The predicted molar refractivity (Wildman–Crippen MR) is 39.4 cm³/mol. The van der Waals surface area contributed by atoms with Crippen molar-refractivity contribution >= 4 is 12.6 Å². The van der Waals surface area contributed by atoms with Crippen LogP contribution < -0.4 is 0 Å². The van der Waals surface area contributed by atoms with Crippen molar-refractivity contribution in [1.82, 2.24) is 0 Å². The van der Waals surface area contributed by atoms with Gasteiger partial charge >= 0.3 is 0 Å². The van der Waals surface area contributed by atoms with Gasteiger partial charge in [0, 0.05) is 0 Å². The van der Waals surface area contributed by atoms with E-state index in [4.69, 9.17) is 5.11 Å². The number of aliphatic hydroxyl groups excluding tert-OH is 1. The molecule has 0 bridgehead atoms. The third-order valence-corrected chi connectivity index (χ3v) is 1.34. The summed E-state index contributed by atoms with van der Waals surface area (Å²) in [7, 11) is 0. The van der Waals surface area contributed by atoms with Gasteiger partial charge in [0.05, 0.1) is 6.10 Å². The molecule has 8 heavy (non-hydrogen) atoms. The van der Waals surface area contributed by atoms with Crippen molar-refractivity contribution in [3.63, 3.8) is 0 Å². The van der Waals surface area contributed by atoms with Crippen LogP contribution in [0.4, 0.5) is 0 Å². The highest BCUT2D eigenvalue weighted by atomic mass is 32.1. The number of rotatable bonds is 4. The molecule has 0 fully saturated rings. The first-order valence-electron chi connectivity index (χ1n) is 3.10. The lowest BCUT2D eigenvalue weighted by atomic mass is 10.2. The molecule has 0 aliphatic rings. The first kappa shape index (κ1) is 8.31. The van der Waals surface area contributed by atoms with Crippen LogP contribution in [0.1, 0.15) is 26.2 Å². The van der Waals surface area contributed by atoms with E-state index in [1.165, 1.54) is 0 Å². The van der Waals surface area contributed by atoms with E-state index in [1.807, 2.05) is 0 Å². The molecule has 0 aromatic heterocycles. The summed E-state index contributed by atoms with van der Waals surface area (Å²) in [5, 5.41) is 9.00. The second-order valence-electron chi connectivity index (χ2n) is 1.95. The molecular formula is C6H14OS. The van der Waals surface area contributed by atoms with Crippen LogP contribution in [-0.4, -0.2) is 17.0 Å². The Bertz CT molecular complexity index is 41.8. The van der Waals surface area contributed by atoms with Crippen LogP contribution in [0.25, 0.3) is 0 Å². The second kappa shape index (κ2) is 5.45. The highest BCUT2D eigenvalue weighted by molar-refractivity contribution is 7.80. The van der Waals surface area contributed by atoms with Crippen LogP contribution in [0.15, 0.2) is 0 Å². The normalized spacial score (nSPS) is 13.9. The molecule has 0 aromatic carbocycles. The predicted octanol–water partition coefficient (Wildman–Crippen LogP) is 1.47. The van der Waals surface area contributed by atoms with Crippen molar-refractivity contribution in [2.24, 2.45) is 0 Å². The number of thiol groups is 1. The standard InChI is InChI=1S/C6H14OS/c1-2-3-6(7)4-5-8/h6-8H,2-5H2,1H3. The van der Waals surface area contributed by atoms with Crippen molar-refractivity contribution in [3.8, 4) is 0 Å². The van der Waals surface area contributed by atoms with Crippen molar-refractivity contribution in [2.45, 2.75) is 32.3 Å². The molecule has 2 heteroatoms. The van der Waals surface area contributed by atoms with E-state index in [-0.39, 0.29) is 6.10 Å². The first-order chi connectivity index (χ1) is 3.81. The summed E-state index contributed by atoms with van der Waals surface area (Å²) in [5.41, 5.74) is 0. The molecule has 0 amide bonds. The fourth-order valence-corrected chi connectivity index (χ4v) is 0.925. The molecule has 0 aliphatic heterocycles. The van der Waals surface area contributed by atoms with E-state index in [1.54, 1.807) is 0 Å². The Kier molecular flexibility index (Phi) is 5.66. The average molecular weight is 134 g/mol. The van der Waals surface area contributed by atoms with E-state index in [0.29, 0.717) is 0 Å². The van der Waals surface area contributed by atoms with Gasteiger partial charge in [0.25, 0.3) is 0 Å². The molecule has 50 valence electrons. The quantitative estimate of drug-likeness (QED) is 0.558. The highest BCUT2D eigenvalue weighted by Gasteiger charge is 1.98. The molecule has 0 rings (SSSR count). The van der Waals surface area contributed by atoms with E-state index in [0.717, 1.165) is 25.0 Å². The van der Waals surface area contributed by atoms with Crippen molar-refractivity contribution < 1.29 is 5.11 Å². The van der Waals surface area contributed by atoms with Crippen molar-refractivity contribution in [3.05, 3.63) is 0 Å². The summed E-state index contributed by atoms with van der Waals surface area (Å²) < 4.78 is 0. The third-order valence-electron chi connectivity index (χ3n) is 1.08. The van der Waals surface area contributed by atoms with Gasteiger partial charge in [-0.25, -0.2) is 0 Å². The summed E-state index contributed by atoms with van der Waals surface area (Å²) in [5.74, 6) is 0.793. The summed E-state index contributed by atoms with van der Waals surface area (Å²) in [6.07, 6.45) is 2.70. The summed E-state index contributed by atoms with van der Waals surface area (Å²) in [6, 6.07) is 0. The largest absolute Gasteiger partial charge is 0.393 e. The Labute approximate surface area is 56.5 Å². The topological polar surface area (TPSA) is 20.2 Å². The van der Waals surface area contributed by atoms with E-state index in [9.17, 15) is 0 Å². The van der Waals surface area contributed by atoms with Crippen LogP contribution in [0.2, 0.25) is 0 Å². The van der Waals surface area contributed by atoms with E-state index in [2.05, 4.69) is 19.6 Å². The van der Waals surface area contributed by atoms with Gasteiger partial charge in [-0.3, -0.25) is 0 Å². The smallest absolute Gasteiger partial charge is 0.0548 e. The lowest BCUT2D eigenvalue weighted by molar-refractivity contribution is 0.161. The Morgan fingerprint density at radius 2 is 2.12 bits per heavy atom. The Hall–Kier alpha value is 0.310. The summed E-state index contributed by atoms with van der Waals surface area (Å²) in [4.78, 5) is 0. The molecule has 0 saturated heterocycles. The molecule has 1 nitrogen and oxygen atoms in total. The summed E-state index contributed by atoms with van der Waals surface area (Å²) >= 11 is 3.99. The molecule has 1 N–H and O–H groups in total. The molecule has 1 atom stereocenters. The molecule has 0 radical (unpaired) electrons. The number of hydrogen-bond acceptors (Lipinski definition) is 2. The molecule has 0 spiro atoms. The van der Waals surface area contributed by atoms with Gasteiger partial charge in [-0.05, 0) is 18.6 Å². The molecule has 0 aromatic rings. The van der Waals surface area contributed by atoms with Crippen LogP contribution in [-0.2, 0) is 0 Å². The Morgan fingerprint density at radius 3 is 2.50 bits per heavy atom. The van der Waals surface area contributed by atoms with Gasteiger partial charge < -0.3 is 5.11 Å². The average Bonchev–Trinajstić information content (AvgIpc) is 1.68. The zero-order valence-electron chi connectivity index (χ0n) is 5.30. The lowest BCUT2D eigenvalue weighted by Gasteiger charge is -2.04. The van der Waals surface area contributed by atoms with Crippen LogP contribution in [0.5, 0.6) is 0 Å². The first-order valence-corrected chi connectivity index (χ1v) is 3.73. The zero-order valence-corrected chi connectivity index (χ0v) is 6.19. The Balaban J connectivity index is 2.92. The fraction of sp³-hybridized carbons (Fsp3) is 1.00. The maximum absolute atomic E-state index is 9.00. The number of aliphatic hydroxyl groups is 1. The Morgan fingerprint density at radius 1 is 1.50 bits per heavy atom. The fourth-order valence-electron chi connectivity index (χ4n) is 0.627. The van der Waals surface area contributed by atoms with Gasteiger partial charge in [0.1, 0.15) is 0 Å². The SMILES string of the molecule is CCCC(O)CCS. The minimum Gasteiger partial charge on any atom is -0.393 e. The van der Waals surface area contributed by atoms with E-state index >= 15 is 0 Å². The van der Waals surface area contributed by atoms with Gasteiger partial charge in [0.15, 0.2) is 0 Å². The third kappa shape index (κ3) is 4.47. The zero-order chi connectivity index (χ0) is 6.41. The maximum Gasteiger partial charge on any atom is 0.0548 e.